The average Bonchev–Trinajstić information content (AvgIpc) is 3.30. The van der Waals surface area contributed by atoms with Gasteiger partial charge in [-0.1, -0.05) is 36.4 Å². The number of aliphatic imine (C=N–C) groups is 1. The van der Waals surface area contributed by atoms with Crippen molar-refractivity contribution in [3.8, 4) is 0 Å². The van der Waals surface area contributed by atoms with E-state index in [2.05, 4.69) is 52.8 Å². The predicted molar refractivity (Wildman–Crippen MR) is 129 cm³/mol. The summed E-state index contributed by atoms with van der Waals surface area (Å²) in [6, 6.07) is 16.5. The molecule has 0 bridgehead atoms. The Morgan fingerprint density at radius 2 is 1.81 bits per heavy atom. The highest BCUT2D eigenvalue weighted by atomic mass is 16.1. The van der Waals surface area contributed by atoms with E-state index < -0.39 is 0 Å². The maximum atomic E-state index is 12.0. The molecule has 31 heavy (non-hydrogen) atoms. The zero-order valence-corrected chi connectivity index (χ0v) is 19.0. The second kappa shape index (κ2) is 12.3. The van der Waals surface area contributed by atoms with Gasteiger partial charge in [0.15, 0.2) is 5.96 Å². The highest BCUT2D eigenvalue weighted by molar-refractivity contribution is 5.79. The fourth-order valence-electron chi connectivity index (χ4n) is 4.19. The van der Waals surface area contributed by atoms with Gasteiger partial charge in [-0.3, -0.25) is 14.7 Å². The van der Waals surface area contributed by atoms with E-state index in [0.717, 1.165) is 63.8 Å². The van der Waals surface area contributed by atoms with Crippen LogP contribution in [0.4, 0.5) is 0 Å². The number of hydrogen-bond acceptors (Lipinski definition) is 3. The lowest BCUT2D eigenvalue weighted by atomic mass is 10.1. The Morgan fingerprint density at radius 3 is 2.52 bits per heavy atom. The molecule has 2 aromatic rings. The van der Waals surface area contributed by atoms with E-state index in [1.165, 1.54) is 18.4 Å². The number of likely N-dealkylation sites (tertiary alicyclic amines) is 1. The van der Waals surface area contributed by atoms with Crippen LogP contribution in [0.2, 0.25) is 0 Å². The first-order valence-corrected chi connectivity index (χ1v) is 11.7. The van der Waals surface area contributed by atoms with Gasteiger partial charge in [0.05, 0.1) is 12.6 Å². The molecule has 1 fully saturated rings. The normalized spacial score (nSPS) is 15.7. The molecule has 0 amide bonds. The van der Waals surface area contributed by atoms with Gasteiger partial charge < -0.3 is 15.2 Å². The number of aromatic nitrogens is 1. The molecule has 2 N–H and O–H groups in total. The number of guanidine groups is 1. The lowest BCUT2D eigenvalue weighted by Gasteiger charge is -2.27. The number of aryl methyl sites for hydroxylation is 1. The van der Waals surface area contributed by atoms with E-state index in [-0.39, 0.29) is 5.56 Å². The highest BCUT2D eigenvalue weighted by Gasteiger charge is 2.23. The monoisotopic (exact) mass is 423 g/mol. The zero-order chi connectivity index (χ0) is 21.9. The van der Waals surface area contributed by atoms with E-state index in [4.69, 9.17) is 4.99 Å². The van der Waals surface area contributed by atoms with Crippen molar-refractivity contribution in [2.24, 2.45) is 4.99 Å². The summed E-state index contributed by atoms with van der Waals surface area (Å²) >= 11 is 0. The minimum atomic E-state index is 0.0803. The Morgan fingerprint density at radius 1 is 1.03 bits per heavy atom. The molecule has 0 saturated carbocycles. The summed E-state index contributed by atoms with van der Waals surface area (Å²) < 4.78 is 1.85. The quantitative estimate of drug-likeness (QED) is 0.350. The highest BCUT2D eigenvalue weighted by Crippen LogP contribution is 2.25. The number of rotatable bonds is 10. The lowest BCUT2D eigenvalue weighted by molar-refractivity contribution is 0.251. The third-order valence-electron chi connectivity index (χ3n) is 5.90. The van der Waals surface area contributed by atoms with Crippen LogP contribution in [-0.2, 0) is 6.54 Å². The summed E-state index contributed by atoms with van der Waals surface area (Å²) in [6.45, 7) is 9.56. The molecule has 1 aliphatic heterocycles. The molecule has 2 heterocycles. The molecule has 1 atom stereocenters. The molecule has 1 unspecified atom stereocenters. The maximum Gasteiger partial charge on any atom is 0.250 e. The molecule has 1 aromatic carbocycles. The van der Waals surface area contributed by atoms with Gasteiger partial charge in [-0.05, 0) is 64.3 Å². The number of hydrogen-bond donors (Lipinski definition) is 2. The topological polar surface area (TPSA) is 61.7 Å². The summed E-state index contributed by atoms with van der Waals surface area (Å²) in [5.41, 5.74) is 2.44. The summed E-state index contributed by atoms with van der Waals surface area (Å²) in [4.78, 5) is 19.5. The number of benzene rings is 1. The first-order valence-electron chi connectivity index (χ1n) is 11.7. The van der Waals surface area contributed by atoms with Gasteiger partial charge in [0.2, 0.25) is 0 Å². The molecule has 0 aliphatic carbocycles. The van der Waals surface area contributed by atoms with Crippen LogP contribution in [0, 0.1) is 6.92 Å². The largest absolute Gasteiger partial charge is 0.357 e. The third-order valence-corrected chi connectivity index (χ3v) is 5.90. The summed E-state index contributed by atoms with van der Waals surface area (Å²) in [5.74, 6) is 0.871. The van der Waals surface area contributed by atoms with Crippen LogP contribution < -0.4 is 16.2 Å². The first-order chi connectivity index (χ1) is 15.2. The van der Waals surface area contributed by atoms with Crippen LogP contribution in [0.5, 0.6) is 0 Å². The minimum Gasteiger partial charge on any atom is -0.357 e. The van der Waals surface area contributed by atoms with E-state index in [1.807, 2.05) is 23.6 Å². The predicted octanol–water partition coefficient (Wildman–Crippen LogP) is 3.33. The van der Waals surface area contributed by atoms with Crippen molar-refractivity contribution >= 4 is 5.96 Å². The van der Waals surface area contributed by atoms with Gasteiger partial charge >= 0.3 is 0 Å². The van der Waals surface area contributed by atoms with Crippen LogP contribution in [0.25, 0.3) is 0 Å². The van der Waals surface area contributed by atoms with Gasteiger partial charge in [0.1, 0.15) is 0 Å². The SMILES string of the molecule is CCNC(=NCC(c1ccccc1)N1CCCC1)NCCCCn1c(C)cccc1=O. The van der Waals surface area contributed by atoms with Gasteiger partial charge in [-0.25, -0.2) is 0 Å². The van der Waals surface area contributed by atoms with Crippen LogP contribution in [0.1, 0.15) is 49.9 Å². The maximum absolute atomic E-state index is 12.0. The molecule has 1 aliphatic rings. The molecule has 6 heteroatoms. The molecular formula is C25H37N5O. The smallest absolute Gasteiger partial charge is 0.250 e. The van der Waals surface area contributed by atoms with Crippen LogP contribution in [0.15, 0.2) is 58.3 Å². The molecule has 1 saturated heterocycles. The fourth-order valence-corrected chi connectivity index (χ4v) is 4.19. The fraction of sp³-hybridized carbons (Fsp3) is 0.520. The second-order valence-electron chi connectivity index (χ2n) is 8.18. The molecule has 168 valence electrons. The summed E-state index contributed by atoms with van der Waals surface area (Å²) in [6.07, 6.45) is 4.49. The van der Waals surface area contributed by atoms with E-state index in [0.29, 0.717) is 6.04 Å². The average molecular weight is 424 g/mol. The van der Waals surface area contributed by atoms with E-state index >= 15 is 0 Å². The van der Waals surface area contributed by atoms with Crippen LogP contribution >= 0.6 is 0 Å². The van der Waals surface area contributed by atoms with Crippen LogP contribution in [-0.4, -0.2) is 48.2 Å². The molecule has 3 rings (SSSR count). The number of nitrogens with one attached hydrogen (secondary N) is 2. The van der Waals surface area contributed by atoms with Gasteiger partial charge in [0.25, 0.3) is 5.56 Å². The Kier molecular flexibility index (Phi) is 9.16. The lowest BCUT2D eigenvalue weighted by Crippen LogP contribution is -2.39. The number of pyridine rings is 1. The molecule has 1 aromatic heterocycles. The summed E-state index contributed by atoms with van der Waals surface area (Å²) in [5, 5.41) is 6.84. The Labute approximate surface area is 186 Å². The molecule has 6 nitrogen and oxygen atoms in total. The van der Waals surface area contributed by atoms with Gasteiger partial charge in [-0.15, -0.1) is 0 Å². The van der Waals surface area contributed by atoms with Crippen LogP contribution in [0.3, 0.4) is 0 Å². The Bertz CT molecular complexity index is 871. The zero-order valence-electron chi connectivity index (χ0n) is 19.0. The third kappa shape index (κ3) is 6.96. The van der Waals surface area contributed by atoms with Crippen molar-refractivity contribution < 1.29 is 0 Å². The van der Waals surface area contributed by atoms with Crippen molar-refractivity contribution in [2.75, 3.05) is 32.7 Å². The molecular weight excluding hydrogens is 386 g/mol. The van der Waals surface area contributed by atoms with Crippen molar-refractivity contribution in [3.63, 3.8) is 0 Å². The summed E-state index contributed by atoms with van der Waals surface area (Å²) in [7, 11) is 0. The second-order valence-corrected chi connectivity index (χ2v) is 8.18. The van der Waals surface area contributed by atoms with Crippen molar-refractivity contribution in [1.82, 2.24) is 20.1 Å². The van der Waals surface area contributed by atoms with Crippen molar-refractivity contribution in [1.29, 1.82) is 0 Å². The van der Waals surface area contributed by atoms with Gasteiger partial charge in [0, 0.05) is 31.4 Å². The number of nitrogens with zero attached hydrogens (tertiary/aromatic N) is 3. The molecule has 0 spiro atoms. The molecule has 0 radical (unpaired) electrons. The van der Waals surface area contributed by atoms with Gasteiger partial charge in [-0.2, -0.15) is 0 Å². The first kappa shape index (κ1) is 23.1. The minimum absolute atomic E-state index is 0.0803. The number of unbranched alkanes of at least 4 members (excludes halogenated alkanes) is 1. The standard InChI is InChI=1S/C25H37N5O/c1-3-26-25(27-16-7-8-19-30-21(2)12-11-15-24(30)31)28-20-23(29-17-9-10-18-29)22-13-5-4-6-14-22/h4-6,11-15,23H,3,7-10,16-20H2,1-2H3,(H2,26,27,28). The Hall–Kier alpha value is -2.60. The van der Waals surface area contributed by atoms with E-state index in [1.54, 1.807) is 6.07 Å². The Balaban J connectivity index is 1.53. The van der Waals surface area contributed by atoms with E-state index in [9.17, 15) is 4.79 Å². The van der Waals surface area contributed by atoms with Crippen molar-refractivity contribution in [3.05, 3.63) is 70.1 Å². The van der Waals surface area contributed by atoms with Crippen molar-refractivity contribution in [2.45, 2.75) is 52.1 Å².